The molecule has 1 aliphatic carbocycles. The van der Waals surface area contributed by atoms with Gasteiger partial charge in [-0.25, -0.2) is 4.98 Å². The van der Waals surface area contributed by atoms with Gasteiger partial charge in [0, 0.05) is 87.2 Å². The summed E-state index contributed by atoms with van der Waals surface area (Å²) in [5.41, 5.74) is 3.27. The summed E-state index contributed by atoms with van der Waals surface area (Å²) < 4.78 is 11.7. The van der Waals surface area contributed by atoms with Crippen molar-refractivity contribution in [2.75, 3.05) is 93.7 Å². The number of anilines is 5. The minimum atomic E-state index is -0.757. The molecule has 0 spiro atoms. The van der Waals surface area contributed by atoms with Crippen LogP contribution in [0, 0.1) is 0 Å². The Morgan fingerprint density at radius 2 is 1.78 bits per heavy atom. The van der Waals surface area contributed by atoms with E-state index in [0.29, 0.717) is 78.2 Å². The molecule has 1 aromatic heterocycles. The average Bonchev–Trinajstić information content (AvgIpc) is 3.99. The number of rotatable bonds is 19. The highest BCUT2D eigenvalue weighted by atomic mass is 16.5. The molecule has 2 saturated heterocycles. The second-order valence-corrected chi connectivity index (χ2v) is 18.1. The molecule has 68 heavy (non-hydrogen) atoms. The summed E-state index contributed by atoms with van der Waals surface area (Å²) >= 11 is 0. The zero-order valence-corrected chi connectivity index (χ0v) is 39.1. The van der Waals surface area contributed by atoms with Crippen molar-refractivity contribution < 1.29 is 43.3 Å². The minimum absolute atomic E-state index is 0.00264. The number of aromatic nitrogens is 2. The van der Waals surface area contributed by atoms with Crippen LogP contribution in [-0.4, -0.2) is 163 Å². The first kappa shape index (κ1) is 48.2. The Balaban J connectivity index is 0.760. The summed E-state index contributed by atoms with van der Waals surface area (Å²) in [6.45, 7) is 5.84. The highest BCUT2D eigenvalue weighted by Gasteiger charge is 2.42. The lowest BCUT2D eigenvalue weighted by Gasteiger charge is -2.43. The number of likely N-dealkylation sites (N-methyl/N-ethyl adjacent to an activating group) is 1. The molecule has 20 heteroatoms. The van der Waals surface area contributed by atoms with E-state index in [1.54, 1.807) is 66.6 Å². The fraction of sp³-hybridized carbons (Fsp3) is 0.542. The number of nitrogens with one attached hydrogen (secondary N) is 4. The van der Waals surface area contributed by atoms with Gasteiger partial charge in [0.25, 0.3) is 11.8 Å². The fourth-order valence-electron chi connectivity index (χ4n) is 10.1. The molecular formula is C48H63N11O9. The number of hydrogen-bond donors (Lipinski definition) is 5. The molecule has 0 bridgehead atoms. The van der Waals surface area contributed by atoms with Crippen LogP contribution in [0.1, 0.15) is 91.0 Å². The average molecular weight is 938 g/mol. The number of imide groups is 1. The Hall–Kier alpha value is -6.22. The molecule has 3 fully saturated rings. The number of benzene rings is 2. The van der Waals surface area contributed by atoms with Gasteiger partial charge in [-0.2, -0.15) is 4.98 Å². The lowest BCUT2D eigenvalue weighted by molar-refractivity contribution is -0.137. The minimum Gasteiger partial charge on any atom is -0.495 e. The first-order valence-corrected chi connectivity index (χ1v) is 23.8. The molecule has 5 aliphatic rings. The van der Waals surface area contributed by atoms with Gasteiger partial charge in [0.15, 0.2) is 5.82 Å². The van der Waals surface area contributed by atoms with Crippen molar-refractivity contribution in [2.45, 2.75) is 95.4 Å². The predicted molar refractivity (Wildman–Crippen MR) is 253 cm³/mol. The lowest BCUT2D eigenvalue weighted by atomic mass is 10.0. The van der Waals surface area contributed by atoms with E-state index in [2.05, 4.69) is 36.1 Å². The molecule has 1 saturated carbocycles. The Morgan fingerprint density at radius 3 is 2.51 bits per heavy atom. The summed E-state index contributed by atoms with van der Waals surface area (Å²) in [6.07, 6.45) is 8.64. The Labute approximate surface area is 396 Å². The number of amides is 6. The standard InChI is InChI=1S/C48H63N11O9/c1-4-37-47(66)55(2)39-27-49-48(54-43(39)59(37)32-8-5-6-9-32)52-36-13-12-30(26-40(36)67-3)44(63)50-31-16-18-56(19-17-31)21-24-68-25-22-57(20-23-60)29-42(62)51-35-11-7-10-33-34(35)28-58(46(33)65)38-14-15-41(61)53-45(38)64/h7,10-13,26-27,31-32,37-38,60H,4-6,8-9,14-25,28-29H2,1-3H3,(H,50,63)(H,51,62)(H,49,52,54)(H,53,61,64)/t37-,38?/m1/s1. The molecule has 3 aromatic rings. The number of nitrogens with zero attached hydrogens (tertiary/aromatic N) is 7. The van der Waals surface area contributed by atoms with Crippen molar-refractivity contribution in [3.05, 3.63) is 59.3 Å². The first-order chi connectivity index (χ1) is 33.0. The van der Waals surface area contributed by atoms with Crippen LogP contribution in [0.5, 0.6) is 5.75 Å². The quantitative estimate of drug-likeness (QED) is 0.0860. The third-order valence-electron chi connectivity index (χ3n) is 13.8. The van der Waals surface area contributed by atoms with Crippen LogP contribution in [0.25, 0.3) is 0 Å². The Bertz CT molecular complexity index is 2370. The van der Waals surface area contributed by atoms with Crippen LogP contribution in [0.2, 0.25) is 0 Å². The van der Waals surface area contributed by atoms with Crippen molar-refractivity contribution in [2.24, 2.45) is 0 Å². The monoisotopic (exact) mass is 937 g/mol. The molecule has 20 nitrogen and oxygen atoms in total. The second kappa shape index (κ2) is 21.8. The first-order valence-electron chi connectivity index (χ1n) is 23.8. The summed E-state index contributed by atoms with van der Waals surface area (Å²) in [7, 11) is 3.33. The van der Waals surface area contributed by atoms with Crippen LogP contribution in [0.4, 0.5) is 28.8 Å². The second-order valence-electron chi connectivity index (χ2n) is 18.1. The Kier molecular flexibility index (Phi) is 15.5. The third-order valence-corrected chi connectivity index (χ3v) is 13.8. The third kappa shape index (κ3) is 10.7. The summed E-state index contributed by atoms with van der Waals surface area (Å²) in [5, 5.41) is 21.4. The molecule has 5 heterocycles. The van der Waals surface area contributed by atoms with Crippen molar-refractivity contribution in [1.29, 1.82) is 0 Å². The van der Waals surface area contributed by atoms with Crippen molar-refractivity contribution in [3.8, 4) is 5.75 Å². The van der Waals surface area contributed by atoms with Crippen molar-refractivity contribution in [3.63, 3.8) is 0 Å². The van der Waals surface area contributed by atoms with Crippen LogP contribution < -0.4 is 35.8 Å². The fourth-order valence-corrected chi connectivity index (χ4v) is 10.1. The number of aliphatic hydroxyl groups is 1. The number of carbonyl (C=O) groups excluding carboxylic acids is 6. The summed E-state index contributed by atoms with van der Waals surface area (Å²) in [6, 6.07) is 9.53. The van der Waals surface area contributed by atoms with Gasteiger partial charge in [-0.1, -0.05) is 25.8 Å². The summed E-state index contributed by atoms with van der Waals surface area (Å²) in [4.78, 5) is 96.2. The van der Waals surface area contributed by atoms with Crippen molar-refractivity contribution >= 4 is 64.3 Å². The highest BCUT2D eigenvalue weighted by Crippen LogP contribution is 2.40. The highest BCUT2D eigenvalue weighted by molar-refractivity contribution is 6.07. The molecule has 6 amide bonds. The van der Waals surface area contributed by atoms with Gasteiger partial charge in [-0.15, -0.1) is 0 Å². The number of likely N-dealkylation sites (tertiary alicyclic amines) is 1. The predicted octanol–water partition coefficient (Wildman–Crippen LogP) is 2.64. The van der Waals surface area contributed by atoms with Gasteiger partial charge in [0.05, 0.1) is 45.4 Å². The van der Waals surface area contributed by atoms with E-state index in [4.69, 9.17) is 14.5 Å². The van der Waals surface area contributed by atoms with Crippen LogP contribution >= 0.6 is 0 Å². The van der Waals surface area contributed by atoms with Gasteiger partial charge in [0.2, 0.25) is 29.6 Å². The number of fused-ring (bicyclic) bond motifs is 2. The number of carbonyl (C=O) groups is 6. The molecule has 364 valence electrons. The van der Waals surface area contributed by atoms with E-state index in [1.807, 2.05) is 6.92 Å². The molecule has 2 aromatic carbocycles. The van der Waals surface area contributed by atoms with Crippen LogP contribution in [0.3, 0.4) is 0 Å². The largest absolute Gasteiger partial charge is 0.495 e. The van der Waals surface area contributed by atoms with Gasteiger partial charge in [-0.05, 0) is 68.9 Å². The number of ether oxygens (including phenoxy) is 2. The maximum absolute atomic E-state index is 13.5. The molecular weight excluding hydrogens is 875 g/mol. The van der Waals surface area contributed by atoms with E-state index in [0.717, 1.165) is 57.4 Å². The molecule has 2 atom stereocenters. The SMILES string of the molecule is CC[C@@H]1C(=O)N(C)c2cnc(Nc3ccc(C(=O)NC4CCN(CCOCCN(CCO)CC(=O)Nc5cccc6c5CN(C5CCC(=O)NC5=O)C6=O)CC4)cc3OC)nc2N1C1CCCC1. The molecule has 0 radical (unpaired) electrons. The zero-order chi connectivity index (χ0) is 47.9. The van der Waals surface area contributed by atoms with Crippen LogP contribution in [-0.2, 0) is 30.5 Å². The normalized spacial score (nSPS) is 20.2. The summed E-state index contributed by atoms with van der Waals surface area (Å²) in [5.74, 6) is -0.0359. The van der Waals surface area contributed by atoms with E-state index in [1.165, 1.54) is 4.90 Å². The topological polar surface area (TPSA) is 231 Å². The number of hydrogen-bond acceptors (Lipinski definition) is 15. The van der Waals surface area contributed by atoms with Gasteiger partial charge in [0.1, 0.15) is 23.5 Å². The number of piperidine rings is 2. The molecule has 4 aliphatic heterocycles. The van der Waals surface area contributed by atoms with Gasteiger partial charge >= 0.3 is 0 Å². The van der Waals surface area contributed by atoms with E-state index in [-0.39, 0.29) is 86.7 Å². The zero-order valence-electron chi connectivity index (χ0n) is 39.1. The van der Waals surface area contributed by atoms with Crippen molar-refractivity contribution in [1.82, 2.24) is 35.3 Å². The maximum Gasteiger partial charge on any atom is 0.255 e. The van der Waals surface area contributed by atoms with E-state index < -0.39 is 11.9 Å². The van der Waals surface area contributed by atoms with E-state index >= 15 is 0 Å². The Morgan fingerprint density at radius 1 is 0.985 bits per heavy atom. The number of aliphatic hydroxyl groups excluding tert-OH is 1. The maximum atomic E-state index is 13.5. The van der Waals surface area contributed by atoms with Gasteiger partial charge in [-0.3, -0.25) is 39.0 Å². The molecule has 8 rings (SSSR count). The van der Waals surface area contributed by atoms with E-state index in [9.17, 15) is 33.9 Å². The smallest absolute Gasteiger partial charge is 0.255 e. The molecule has 1 unspecified atom stereocenters. The molecule has 5 N–H and O–H groups in total. The number of methoxy groups -OCH3 is 1. The van der Waals surface area contributed by atoms with Gasteiger partial charge < -0.3 is 50.1 Å². The lowest BCUT2D eigenvalue weighted by Crippen LogP contribution is -2.55. The van der Waals surface area contributed by atoms with Crippen LogP contribution in [0.15, 0.2) is 42.6 Å².